The van der Waals surface area contributed by atoms with Crippen LogP contribution in [0.15, 0.2) is 48.5 Å². The molecule has 0 atom stereocenters. The second-order valence-corrected chi connectivity index (χ2v) is 5.15. The topological polar surface area (TPSA) is 79.5 Å². The van der Waals surface area contributed by atoms with Gasteiger partial charge in [0.25, 0.3) is 0 Å². The number of anilines is 2. The lowest BCUT2D eigenvalue weighted by Crippen LogP contribution is -2.28. The summed E-state index contributed by atoms with van der Waals surface area (Å²) < 4.78 is 5.37. The highest BCUT2D eigenvalue weighted by atomic mass is 16.5. The van der Waals surface area contributed by atoms with E-state index in [0.717, 1.165) is 11.3 Å². The van der Waals surface area contributed by atoms with Crippen LogP contribution in [0.3, 0.4) is 0 Å². The molecule has 3 amide bonds. The van der Waals surface area contributed by atoms with E-state index >= 15 is 0 Å². The molecule has 0 aliphatic carbocycles. The Morgan fingerprint density at radius 1 is 1.00 bits per heavy atom. The first-order chi connectivity index (χ1) is 11.6. The lowest BCUT2D eigenvalue weighted by molar-refractivity contribution is -0.114. The molecule has 0 aliphatic rings. The molecular weight excluding hydrogens is 306 g/mol. The van der Waals surface area contributed by atoms with Gasteiger partial charge in [-0.05, 0) is 42.8 Å². The number of rotatable bonds is 6. The summed E-state index contributed by atoms with van der Waals surface area (Å²) in [5.74, 6) is 0.646. The predicted molar refractivity (Wildman–Crippen MR) is 94.2 cm³/mol. The minimum absolute atomic E-state index is 0.160. The Labute approximate surface area is 141 Å². The molecule has 6 heteroatoms. The van der Waals surface area contributed by atoms with Crippen molar-refractivity contribution in [2.75, 3.05) is 17.2 Å². The van der Waals surface area contributed by atoms with Crippen LogP contribution in [0.25, 0.3) is 0 Å². The first-order valence-corrected chi connectivity index (χ1v) is 7.71. The standard InChI is InChI=1S/C18H21N3O3/c1-3-24-17-9-7-14(8-10-17)12-19-18(23)21-16-6-4-5-15(11-16)20-13(2)22/h4-11H,3,12H2,1-2H3,(H,20,22)(H2,19,21,23). The first kappa shape index (κ1) is 17.3. The van der Waals surface area contributed by atoms with Crippen molar-refractivity contribution in [2.45, 2.75) is 20.4 Å². The third kappa shape index (κ3) is 5.64. The average Bonchev–Trinajstić information content (AvgIpc) is 2.54. The van der Waals surface area contributed by atoms with E-state index in [4.69, 9.17) is 4.74 Å². The van der Waals surface area contributed by atoms with Crippen molar-refractivity contribution in [2.24, 2.45) is 0 Å². The van der Waals surface area contributed by atoms with Gasteiger partial charge in [-0.15, -0.1) is 0 Å². The van der Waals surface area contributed by atoms with Gasteiger partial charge in [0.2, 0.25) is 5.91 Å². The van der Waals surface area contributed by atoms with Crippen LogP contribution in [0.5, 0.6) is 5.75 Å². The Balaban J connectivity index is 1.85. The molecule has 0 heterocycles. The fraction of sp³-hybridized carbons (Fsp3) is 0.222. The molecule has 2 rings (SSSR count). The van der Waals surface area contributed by atoms with Crippen molar-refractivity contribution in [1.82, 2.24) is 5.32 Å². The summed E-state index contributed by atoms with van der Waals surface area (Å²) in [6, 6.07) is 14.2. The van der Waals surface area contributed by atoms with E-state index in [1.165, 1.54) is 6.92 Å². The largest absolute Gasteiger partial charge is 0.494 e. The fourth-order valence-corrected chi connectivity index (χ4v) is 2.11. The van der Waals surface area contributed by atoms with Gasteiger partial charge < -0.3 is 20.7 Å². The Bertz CT molecular complexity index is 699. The van der Waals surface area contributed by atoms with Crippen LogP contribution in [0.1, 0.15) is 19.4 Å². The van der Waals surface area contributed by atoms with E-state index in [2.05, 4.69) is 16.0 Å². The summed E-state index contributed by atoms with van der Waals surface area (Å²) >= 11 is 0. The van der Waals surface area contributed by atoms with Crippen molar-refractivity contribution >= 4 is 23.3 Å². The van der Waals surface area contributed by atoms with Crippen LogP contribution in [0, 0.1) is 0 Å². The maximum atomic E-state index is 12.0. The maximum absolute atomic E-state index is 12.0. The summed E-state index contributed by atoms with van der Waals surface area (Å²) in [6.45, 7) is 4.39. The lowest BCUT2D eigenvalue weighted by Gasteiger charge is -2.10. The van der Waals surface area contributed by atoms with Gasteiger partial charge >= 0.3 is 6.03 Å². The molecule has 6 nitrogen and oxygen atoms in total. The van der Waals surface area contributed by atoms with Crippen LogP contribution in [-0.2, 0) is 11.3 Å². The van der Waals surface area contributed by atoms with Crippen LogP contribution in [-0.4, -0.2) is 18.5 Å². The summed E-state index contributed by atoms with van der Waals surface area (Å²) in [5, 5.41) is 8.18. The highest BCUT2D eigenvalue weighted by molar-refractivity contribution is 5.92. The number of hydrogen-bond donors (Lipinski definition) is 3. The molecule has 0 bridgehead atoms. The fourth-order valence-electron chi connectivity index (χ4n) is 2.11. The second-order valence-electron chi connectivity index (χ2n) is 5.15. The molecule has 2 aromatic carbocycles. The molecule has 0 spiro atoms. The number of nitrogens with one attached hydrogen (secondary N) is 3. The highest BCUT2D eigenvalue weighted by Crippen LogP contribution is 2.15. The quantitative estimate of drug-likeness (QED) is 0.761. The Hall–Kier alpha value is -3.02. The molecular formula is C18H21N3O3. The van der Waals surface area contributed by atoms with Crippen molar-refractivity contribution < 1.29 is 14.3 Å². The van der Waals surface area contributed by atoms with E-state index in [0.29, 0.717) is 24.5 Å². The van der Waals surface area contributed by atoms with Gasteiger partial charge in [-0.25, -0.2) is 4.79 Å². The number of ether oxygens (including phenoxy) is 1. The Morgan fingerprint density at radius 3 is 2.29 bits per heavy atom. The zero-order valence-electron chi connectivity index (χ0n) is 13.8. The molecule has 126 valence electrons. The molecule has 0 fully saturated rings. The Morgan fingerprint density at radius 2 is 1.67 bits per heavy atom. The number of carbonyl (C=O) groups is 2. The Kier molecular flexibility index (Phi) is 6.19. The molecule has 2 aromatic rings. The third-order valence-electron chi connectivity index (χ3n) is 3.13. The van der Waals surface area contributed by atoms with Gasteiger partial charge in [-0.2, -0.15) is 0 Å². The number of amides is 3. The van der Waals surface area contributed by atoms with Crippen LogP contribution in [0.2, 0.25) is 0 Å². The van der Waals surface area contributed by atoms with Crippen molar-refractivity contribution in [3.63, 3.8) is 0 Å². The molecule has 0 saturated heterocycles. The molecule has 3 N–H and O–H groups in total. The minimum Gasteiger partial charge on any atom is -0.494 e. The monoisotopic (exact) mass is 327 g/mol. The van der Waals surface area contributed by atoms with Crippen molar-refractivity contribution in [3.8, 4) is 5.75 Å². The van der Waals surface area contributed by atoms with Gasteiger partial charge in [0, 0.05) is 24.8 Å². The molecule has 0 radical (unpaired) electrons. The summed E-state index contributed by atoms with van der Waals surface area (Å²) in [6.07, 6.45) is 0. The zero-order chi connectivity index (χ0) is 17.4. The van der Waals surface area contributed by atoms with E-state index in [-0.39, 0.29) is 11.9 Å². The van der Waals surface area contributed by atoms with E-state index < -0.39 is 0 Å². The van der Waals surface area contributed by atoms with Crippen molar-refractivity contribution in [3.05, 3.63) is 54.1 Å². The van der Waals surface area contributed by atoms with Crippen molar-refractivity contribution in [1.29, 1.82) is 0 Å². The number of urea groups is 1. The SMILES string of the molecule is CCOc1ccc(CNC(=O)Nc2cccc(NC(C)=O)c2)cc1. The van der Waals surface area contributed by atoms with E-state index in [1.54, 1.807) is 24.3 Å². The summed E-state index contributed by atoms with van der Waals surface area (Å²) in [4.78, 5) is 23.0. The molecule has 0 aliphatic heterocycles. The third-order valence-corrected chi connectivity index (χ3v) is 3.13. The van der Waals surface area contributed by atoms with Gasteiger partial charge in [-0.3, -0.25) is 4.79 Å². The van der Waals surface area contributed by atoms with Gasteiger partial charge in [0.15, 0.2) is 0 Å². The van der Waals surface area contributed by atoms with Gasteiger partial charge in [-0.1, -0.05) is 18.2 Å². The number of benzene rings is 2. The van der Waals surface area contributed by atoms with Gasteiger partial charge in [0.05, 0.1) is 6.61 Å². The second kappa shape index (κ2) is 8.57. The average molecular weight is 327 g/mol. The van der Waals surface area contributed by atoms with Crippen LogP contribution < -0.4 is 20.7 Å². The van der Waals surface area contributed by atoms with Gasteiger partial charge in [0.1, 0.15) is 5.75 Å². The summed E-state index contributed by atoms with van der Waals surface area (Å²) in [7, 11) is 0. The minimum atomic E-state index is -0.316. The zero-order valence-corrected chi connectivity index (χ0v) is 13.8. The van der Waals surface area contributed by atoms with Crippen LogP contribution >= 0.6 is 0 Å². The van der Waals surface area contributed by atoms with E-state index in [9.17, 15) is 9.59 Å². The van der Waals surface area contributed by atoms with E-state index in [1.807, 2.05) is 31.2 Å². The highest BCUT2D eigenvalue weighted by Gasteiger charge is 2.03. The van der Waals surface area contributed by atoms with Crippen LogP contribution in [0.4, 0.5) is 16.2 Å². The molecule has 0 aromatic heterocycles. The number of hydrogen-bond acceptors (Lipinski definition) is 3. The first-order valence-electron chi connectivity index (χ1n) is 7.71. The molecule has 0 saturated carbocycles. The molecule has 0 unspecified atom stereocenters. The normalized spacial score (nSPS) is 9.92. The summed E-state index contributed by atoms with van der Waals surface area (Å²) in [5.41, 5.74) is 2.21. The number of carbonyl (C=O) groups excluding carboxylic acids is 2. The molecule has 24 heavy (non-hydrogen) atoms. The predicted octanol–water partition coefficient (Wildman–Crippen LogP) is 3.37. The lowest BCUT2D eigenvalue weighted by atomic mass is 10.2. The maximum Gasteiger partial charge on any atom is 0.319 e. The smallest absolute Gasteiger partial charge is 0.319 e.